The predicted octanol–water partition coefficient (Wildman–Crippen LogP) is 2.46. The third kappa shape index (κ3) is 3.45. The maximum absolute atomic E-state index is 10.0. The zero-order chi connectivity index (χ0) is 13.0. The number of hydrogen-bond donors (Lipinski definition) is 2. The Morgan fingerprint density at radius 2 is 2.06 bits per heavy atom. The maximum atomic E-state index is 10.0. The van der Waals surface area contributed by atoms with Gasteiger partial charge < -0.3 is 10.8 Å². The maximum Gasteiger partial charge on any atom is 0.126 e. The molecule has 0 radical (unpaired) electrons. The molecule has 1 aromatic carbocycles. The van der Waals surface area contributed by atoms with Crippen molar-refractivity contribution < 1.29 is 5.11 Å². The van der Waals surface area contributed by atoms with Crippen LogP contribution < -0.4 is 5.73 Å². The van der Waals surface area contributed by atoms with E-state index in [4.69, 9.17) is 17.3 Å². The van der Waals surface area contributed by atoms with Crippen LogP contribution in [0.3, 0.4) is 0 Å². The summed E-state index contributed by atoms with van der Waals surface area (Å²) in [5.41, 5.74) is 7.62. The Labute approximate surface area is 111 Å². The normalized spacial score (nSPS) is 12.3. The zero-order valence-corrected chi connectivity index (χ0v) is 10.6. The fourth-order valence-electron chi connectivity index (χ4n) is 1.89. The summed E-state index contributed by atoms with van der Waals surface area (Å²) in [6.45, 7) is 0. The van der Waals surface area contributed by atoms with E-state index in [0.717, 1.165) is 11.1 Å². The number of aliphatic hydroxyl groups is 1. The van der Waals surface area contributed by atoms with Gasteiger partial charge in [-0.3, -0.25) is 0 Å². The van der Waals surface area contributed by atoms with Gasteiger partial charge in [0.15, 0.2) is 0 Å². The van der Waals surface area contributed by atoms with Crippen molar-refractivity contribution in [3.63, 3.8) is 0 Å². The lowest BCUT2D eigenvalue weighted by molar-refractivity contribution is 0.175. The third-order valence-electron chi connectivity index (χ3n) is 2.74. The summed E-state index contributed by atoms with van der Waals surface area (Å²) in [6, 6.07) is 11.2. The molecule has 1 atom stereocenters. The molecule has 0 aliphatic carbocycles. The number of pyridine rings is 1. The van der Waals surface area contributed by atoms with Gasteiger partial charge in [0.2, 0.25) is 0 Å². The lowest BCUT2D eigenvalue weighted by atomic mass is 10.0. The number of nitrogen functional groups attached to an aromatic ring is 1. The SMILES string of the molecule is Nc1ncccc1CC(O)Cc1cccc(Cl)c1. The van der Waals surface area contributed by atoms with E-state index in [0.29, 0.717) is 23.7 Å². The smallest absolute Gasteiger partial charge is 0.126 e. The summed E-state index contributed by atoms with van der Waals surface area (Å²) in [4.78, 5) is 4.00. The number of nitrogens with zero attached hydrogens (tertiary/aromatic N) is 1. The Hall–Kier alpha value is -1.58. The third-order valence-corrected chi connectivity index (χ3v) is 2.98. The number of halogens is 1. The second-order valence-corrected chi connectivity index (χ2v) is 4.68. The van der Waals surface area contributed by atoms with E-state index in [9.17, 15) is 5.11 Å². The van der Waals surface area contributed by atoms with Crippen LogP contribution in [-0.4, -0.2) is 16.2 Å². The largest absolute Gasteiger partial charge is 0.392 e. The molecule has 0 bridgehead atoms. The van der Waals surface area contributed by atoms with E-state index in [1.807, 2.05) is 36.4 Å². The Kier molecular flexibility index (Phi) is 4.18. The summed E-state index contributed by atoms with van der Waals surface area (Å²) in [5, 5.41) is 10.7. The van der Waals surface area contributed by atoms with Crippen molar-refractivity contribution >= 4 is 17.4 Å². The number of benzene rings is 1. The fourth-order valence-corrected chi connectivity index (χ4v) is 2.10. The number of anilines is 1. The van der Waals surface area contributed by atoms with E-state index in [1.165, 1.54) is 0 Å². The molecule has 94 valence electrons. The first kappa shape index (κ1) is 12.9. The summed E-state index contributed by atoms with van der Waals surface area (Å²) in [6.07, 6.45) is 2.19. The van der Waals surface area contributed by atoms with Crippen LogP contribution in [0.5, 0.6) is 0 Å². The number of nitrogens with two attached hydrogens (primary N) is 1. The average molecular weight is 263 g/mol. The lowest BCUT2D eigenvalue weighted by Crippen LogP contribution is -2.15. The summed E-state index contributed by atoms with van der Waals surface area (Å²) >= 11 is 5.90. The van der Waals surface area contributed by atoms with Crippen molar-refractivity contribution in [3.8, 4) is 0 Å². The van der Waals surface area contributed by atoms with E-state index in [1.54, 1.807) is 6.20 Å². The molecule has 0 saturated heterocycles. The van der Waals surface area contributed by atoms with E-state index in [-0.39, 0.29) is 0 Å². The van der Waals surface area contributed by atoms with Gasteiger partial charge in [0, 0.05) is 17.6 Å². The van der Waals surface area contributed by atoms with E-state index in [2.05, 4.69) is 4.98 Å². The van der Waals surface area contributed by atoms with E-state index < -0.39 is 6.10 Å². The van der Waals surface area contributed by atoms with Crippen LogP contribution in [0.2, 0.25) is 5.02 Å². The molecule has 18 heavy (non-hydrogen) atoms. The lowest BCUT2D eigenvalue weighted by Gasteiger charge is -2.12. The number of hydrogen-bond acceptors (Lipinski definition) is 3. The first-order valence-corrected chi connectivity index (χ1v) is 6.15. The Balaban J connectivity index is 2.01. The van der Waals surface area contributed by atoms with Crippen LogP contribution >= 0.6 is 11.6 Å². The Morgan fingerprint density at radius 3 is 2.78 bits per heavy atom. The molecule has 1 heterocycles. The van der Waals surface area contributed by atoms with Crippen LogP contribution in [0.1, 0.15) is 11.1 Å². The molecule has 2 aromatic rings. The average Bonchev–Trinajstić information content (AvgIpc) is 2.32. The van der Waals surface area contributed by atoms with E-state index >= 15 is 0 Å². The Morgan fingerprint density at radius 1 is 1.22 bits per heavy atom. The molecule has 0 aliphatic rings. The molecular weight excluding hydrogens is 248 g/mol. The molecule has 0 spiro atoms. The molecule has 2 rings (SSSR count). The molecule has 3 N–H and O–H groups in total. The quantitative estimate of drug-likeness (QED) is 0.890. The van der Waals surface area contributed by atoms with Gasteiger partial charge in [-0.15, -0.1) is 0 Å². The topological polar surface area (TPSA) is 59.1 Å². The molecule has 1 aromatic heterocycles. The van der Waals surface area contributed by atoms with Gasteiger partial charge in [-0.1, -0.05) is 29.8 Å². The minimum Gasteiger partial charge on any atom is -0.392 e. The number of aromatic nitrogens is 1. The van der Waals surface area contributed by atoms with Crippen molar-refractivity contribution in [3.05, 3.63) is 58.7 Å². The minimum absolute atomic E-state index is 0.475. The monoisotopic (exact) mass is 262 g/mol. The zero-order valence-electron chi connectivity index (χ0n) is 9.88. The highest BCUT2D eigenvalue weighted by molar-refractivity contribution is 6.30. The van der Waals surface area contributed by atoms with Crippen LogP contribution in [0.25, 0.3) is 0 Å². The van der Waals surface area contributed by atoms with Gasteiger partial charge in [0.05, 0.1) is 6.10 Å². The van der Waals surface area contributed by atoms with Crippen LogP contribution in [0.4, 0.5) is 5.82 Å². The molecule has 4 heteroatoms. The molecule has 1 unspecified atom stereocenters. The predicted molar refractivity (Wildman–Crippen MR) is 73.5 cm³/mol. The van der Waals surface area contributed by atoms with Crippen molar-refractivity contribution in [2.75, 3.05) is 5.73 Å². The molecule has 3 nitrogen and oxygen atoms in total. The van der Waals surface area contributed by atoms with Gasteiger partial charge in [0.25, 0.3) is 0 Å². The van der Waals surface area contributed by atoms with Gasteiger partial charge in [-0.05, 0) is 35.7 Å². The van der Waals surface area contributed by atoms with Crippen molar-refractivity contribution in [2.45, 2.75) is 18.9 Å². The summed E-state index contributed by atoms with van der Waals surface area (Å²) in [7, 11) is 0. The first-order chi connectivity index (χ1) is 8.65. The second kappa shape index (κ2) is 5.85. The number of aliphatic hydroxyl groups excluding tert-OH is 1. The van der Waals surface area contributed by atoms with Crippen LogP contribution in [-0.2, 0) is 12.8 Å². The van der Waals surface area contributed by atoms with Crippen LogP contribution in [0.15, 0.2) is 42.6 Å². The van der Waals surface area contributed by atoms with Crippen molar-refractivity contribution in [1.29, 1.82) is 0 Å². The standard InChI is InChI=1S/C14H15ClN2O/c15-12-5-1-3-10(7-12)8-13(18)9-11-4-2-6-17-14(11)16/h1-7,13,18H,8-9H2,(H2,16,17). The molecule has 0 amide bonds. The fraction of sp³-hybridized carbons (Fsp3) is 0.214. The first-order valence-electron chi connectivity index (χ1n) is 5.77. The molecule has 0 aliphatic heterocycles. The number of rotatable bonds is 4. The highest BCUT2D eigenvalue weighted by atomic mass is 35.5. The van der Waals surface area contributed by atoms with Crippen molar-refractivity contribution in [1.82, 2.24) is 4.98 Å². The second-order valence-electron chi connectivity index (χ2n) is 4.24. The summed E-state index contributed by atoms with van der Waals surface area (Å²) in [5.74, 6) is 0.475. The van der Waals surface area contributed by atoms with Gasteiger partial charge >= 0.3 is 0 Å². The van der Waals surface area contributed by atoms with Gasteiger partial charge in [-0.25, -0.2) is 4.98 Å². The summed E-state index contributed by atoms with van der Waals surface area (Å²) < 4.78 is 0. The van der Waals surface area contributed by atoms with Crippen molar-refractivity contribution in [2.24, 2.45) is 0 Å². The van der Waals surface area contributed by atoms with Gasteiger partial charge in [0.1, 0.15) is 5.82 Å². The molecular formula is C14H15ClN2O. The van der Waals surface area contributed by atoms with Gasteiger partial charge in [-0.2, -0.15) is 0 Å². The Bertz CT molecular complexity index is 531. The highest BCUT2D eigenvalue weighted by Gasteiger charge is 2.09. The minimum atomic E-state index is -0.491. The van der Waals surface area contributed by atoms with Crippen LogP contribution in [0, 0.1) is 0 Å². The highest BCUT2D eigenvalue weighted by Crippen LogP contribution is 2.15. The molecule has 0 saturated carbocycles. The molecule has 0 fully saturated rings.